The Morgan fingerprint density at radius 2 is 1.74 bits per heavy atom. The zero-order valence-corrected chi connectivity index (χ0v) is 19.1. The summed E-state index contributed by atoms with van der Waals surface area (Å²) in [5.41, 5.74) is 2.61. The van der Waals surface area contributed by atoms with E-state index >= 15 is 0 Å². The molecule has 31 heavy (non-hydrogen) atoms. The second-order valence-electron chi connectivity index (χ2n) is 9.17. The Morgan fingerprint density at radius 3 is 2.45 bits per heavy atom. The normalized spacial score (nSPS) is 18.1. The second kappa shape index (κ2) is 8.63. The standard InChI is InChI=1S/C24H31N3O3S/c1-24(2)18-27(17-23(28)26-13-7-4-8-14-26)22-12-11-20(15-21(22)24)31(29,30)25-16-19-9-5-3-6-10-19/h3,5-6,9-12,15,25H,4,7-8,13-14,16-18H2,1-2H3. The molecule has 2 heterocycles. The number of likely N-dealkylation sites (tertiary alicyclic amines) is 1. The van der Waals surface area contributed by atoms with Crippen molar-refractivity contribution < 1.29 is 13.2 Å². The van der Waals surface area contributed by atoms with E-state index in [4.69, 9.17) is 0 Å². The summed E-state index contributed by atoms with van der Waals surface area (Å²) in [6.45, 7) is 7.17. The Morgan fingerprint density at radius 1 is 1.03 bits per heavy atom. The molecule has 0 unspecified atom stereocenters. The number of rotatable bonds is 6. The van der Waals surface area contributed by atoms with E-state index in [1.807, 2.05) is 41.3 Å². The number of fused-ring (bicyclic) bond motifs is 1. The summed E-state index contributed by atoms with van der Waals surface area (Å²) in [6, 6.07) is 14.7. The minimum absolute atomic E-state index is 0.157. The number of nitrogens with zero attached hydrogens (tertiary/aromatic N) is 2. The Labute approximate surface area is 185 Å². The van der Waals surface area contributed by atoms with Crippen LogP contribution >= 0.6 is 0 Å². The van der Waals surface area contributed by atoms with Crippen LogP contribution in [-0.4, -0.2) is 45.4 Å². The molecule has 1 amide bonds. The minimum atomic E-state index is -3.63. The van der Waals surface area contributed by atoms with Gasteiger partial charge in [-0.15, -0.1) is 0 Å². The molecule has 0 saturated carbocycles. The van der Waals surface area contributed by atoms with Gasteiger partial charge in [-0.05, 0) is 48.6 Å². The fourth-order valence-electron chi connectivity index (χ4n) is 4.55. The molecule has 2 aromatic carbocycles. The van der Waals surface area contributed by atoms with E-state index in [0.717, 1.165) is 42.7 Å². The van der Waals surface area contributed by atoms with Gasteiger partial charge in [-0.2, -0.15) is 0 Å². The highest BCUT2D eigenvalue weighted by atomic mass is 32.2. The summed E-state index contributed by atoms with van der Waals surface area (Å²) in [5, 5.41) is 0. The lowest BCUT2D eigenvalue weighted by Crippen LogP contribution is -2.43. The number of carbonyl (C=O) groups excluding carboxylic acids is 1. The third-order valence-corrected chi connectivity index (χ3v) is 7.68. The highest BCUT2D eigenvalue weighted by Crippen LogP contribution is 2.41. The van der Waals surface area contributed by atoms with Crippen molar-refractivity contribution in [1.82, 2.24) is 9.62 Å². The van der Waals surface area contributed by atoms with Crippen molar-refractivity contribution in [2.24, 2.45) is 0 Å². The highest BCUT2D eigenvalue weighted by molar-refractivity contribution is 7.89. The summed E-state index contributed by atoms with van der Waals surface area (Å²) >= 11 is 0. The van der Waals surface area contributed by atoms with Crippen LogP contribution in [0.1, 0.15) is 44.2 Å². The average molecular weight is 442 g/mol. The molecule has 7 heteroatoms. The van der Waals surface area contributed by atoms with Crippen LogP contribution in [-0.2, 0) is 26.8 Å². The zero-order chi connectivity index (χ0) is 22.1. The Bertz CT molecular complexity index is 1040. The number of amides is 1. The maximum absolute atomic E-state index is 12.9. The number of nitrogens with one attached hydrogen (secondary N) is 1. The van der Waals surface area contributed by atoms with E-state index in [1.54, 1.807) is 12.1 Å². The van der Waals surface area contributed by atoms with Gasteiger partial charge in [0.05, 0.1) is 11.4 Å². The van der Waals surface area contributed by atoms with Gasteiger partial charge in [-0.25, -0.2) is 13.1 Å². The van der Waals surface area contributed by atoms with Gasteiger partial charge in [0.2, 0.25) is 15.9 Å². The third-order valence-electron chi connectivity index (χ3n) is 6.28. The molecule has 0 radical (unpaired) electrons. The molecule has 2 aliphatic rings. The molecule has 0 aromatic heterocycles. The number of piperidine rings is 1. The van der Waals surface area contributed by atoms with E-state index in [2.05, 4.69) is 23.5 Å². The molecule has 0 bridgehead atoms. The topological polar surface area (TPSA) is 69.7 Å². The fourth-order valence-corrected chi connectivity index (χ4v) is 5.60. The maximum Gasteiger partial charge on any atom is 0.242 e. The molecule has 0 atom stereocenters. The smallest absolute Gasteiger partial charge is 0.242 e. The van der Waals surface area contributed by atoms with E-state index in [1.165, 1.54) is 6.42 Å². The predicted molar refractivity (Wildman–Crippen MR) is 123 cm³/mol. The monoisotopic (exact) mass is 441 g/mol. The van der Waals surface area contributed by atoms with Crippen LogP contribution in [0.5, 0.6) is 0 Å². The molecule has 2 aromatic rings. The lowest BCUT2D eigenvalue weighted by Gasteiger charge is -2.30. The number of hydrogen-bond donors (Lipinski definition) is 1. The first-order valence-electron chi connectivity index (χ1n) is 11.0. The average Bonchev–Trinajstić information content (AvgIpc) is 3.03. The van der Waals surface area contributed by atoms with E-state index in [9.17, 15) is 13.2 Å². The van der Waals surface area contributed by atoms with Crippen molar-refractivity contribution in [3.63, 3.8) is 0 Å². The molecule has 166 valence electrons. The SMILES string of the molecule is CC1(C)CN(CC(=O)N2CCCCC2)c2ccc(S(=O)(=O)NCc3ccccc3)cc21. The van der Waals surface area contributed by atoms with Crippen LogP contribution in [0, 0.1) is 0 Å². The number of sulfonamides is 1. The summed E-state index contributed by atoms with van der Waals surface area (Å²) in [5.74, 6) is 0.157. The molecule has 2 aliphatic heterocycles. The van der Waals surface area contributed by atoms with Crippen LogP contribution in [0.3, 0.4) is 0 Å². The van der Waals surface area contributed by atoms with Gasteiger partial charge in [-0.3, -0.25) is 4.79 Å². The second-order valence-corrected chi connectivity index (χ2v) is 10.9. The largest absolute Gasteiger partial charge is 0.361 e. The van der Waals surface area contributed by atoms with E-state index < -0.39 is 10.0 Å². The maximum atomic E-state index is 12.9. The van der Waals surface area contributed by atoms with Crippen LogP contribution in [0.2, 0.25) is 0 Å². The first kappa shape index (κ1) is 21.8. The lowest BCUT2D eigenvalue weighted by atomic mass is 9.87. The number of benzene rings is 2. The molecule has 1 N–H and O–H groups in total. The van der Waals surface area contributed by atoms with E-state index in [0.29, 0.717) is 13.1 Å². The van der Waals surface area contributed by atoms with Crippen LogP contribution in [0.25, 0.3) is 0 Å². The van der Waals surface area contributed by atoms with Crippen LogP contribution in [0.4, 0.5) is 5.69 Å². The number of carbonyl (C=O) groups is 1. The Balaban J connectivity index is 1.52. The first-order chi connectivity index (χ1) is 14.8. The summed E-state index contributed by atoms with van der Waals surface area (Å²) in [6.07, 6.45) is 3.34. The summed E-state index contributed by atoms with van der Waals surface area (Å²) < 4.78 is 28.5. The van der Waals surface area contributed by atoms with Gasteiger partial charge in [0.15, 0.2) is 0 Å². The molecular weight excluding hydrogens is 410 g/mol. The van der Waals surface area contributed by atoms with Crippen LogP contribution < -0.4 is 9.62 Å². The van der Waals surface area contributed by atoms with Crippen molar-refractivity contribution in [2.45, 2.75) is 50.0 Å². The van der Waals surface area contributed by atoms with Crippen molar-refractivity contribution in [3.8, 4) is 0 Å². The van der Waals surface area contributed by atoms with Gasteiger partial charge in [0.25, 0.3) is 0 Å². The fraction of sp³-hybridized carbons (Fsp3) is 0.458. The Kier molecular flexibility index (Phi) is 6.08. The van der Waals surface area contributed by atoms with Crippen molar-refractivity contribution in [2.75, 3.05) is 31.1 Å². The number of hydrogen-bond acceptors (Lipinski definition) is 4. The predicted octanol–water partition coefficient (Wildman–Crippen LogP) is 3.28. The van der Waals surface area contributed by atoms with Gasteiger partial charge < -0.3 is 9.80 Å². The lowest BCUT2D eigenvalue weighted by molar-refractivity contribution is -0.130. The highest BCUT2D eigenvalue weighted by Gasteiger charge is 2.37. The van der Waals surface area contributed by atoms with E-state index in [-0.39, 0.29) is 22.8 Å². The van der Waals surface area contributed by atoms with Gasteiger partial charge >= 0.3 is 0 Å². The third kappa shape index (κ3) is 4.77. The van der Waals surface area contributed by atoms with Crippen LogP contribution in [0.15, 0.2) is 53.4 Å². The minimum Gasteiger partial charge on any atom is -0.361 e. The van der Waals surface area contributed by atoms with Crippen molar-refractivity contribution in [3.05, 3.63) is 59.7 Å². The van der Waals surface area contributed by atoms with Crippen molar-refractivity contribution >= 4 is 21.6 Å². The summed E-state index contributed by atoms with van der Waals surface area (Å²) in [7, 11) is -3.63. The van der Waals surface area contributed by atoms with Crippen molar-refractivity contribution in [1.29, 1.82) is 0 Å². The molecule has 0 aliphatic carbocycles. The van der Waals surface area contributed by atoms with Gasteiger partial charge in [0.1, 0.15) is 0 Å². The molecule has 1 fully saturated rings. The molecule has 6 nitrogen and oxygen atoms in total. The quantitative estimate of drug-likeness (QED) is 0.747. The number of anilines is 1. The van der Waals surface area contributed by atoms with Gasteiger partial charge in [0, 0.05) is 37.3 Å². The molecule has 1 saturated heterocycles. The molecule has 0 spiro atoms. The molecular formula is C24H31N3O3S. The Hall–Kier alpha value is -2.38. The first-order valence-corrected chi connectivity index (χ1v) is 12.5. The van der Waals surface area contributed by atoms with Gasteiger partial charge in [-0.1, -0.05) is 44.2 Å². The molecule has 4 rings (SSSR count). The zero-order valence-electron chi connectivity index (χ0n) is 18.3. The summed E-state index contributed by atoms with van der Waals surface area (Å²) in [4.78, 5) is 17.1.